The van der Waals surface area contributed by atoms with Gasteiger partial charge >= 0.3 is 27.6 Å². The Morgan fingerprint density at radius 1 is 0.600 bits per heavy atom. The summed E-state index contributed by atoms with van der Waals surface area (Å²) in [5, 5.41) is 40.1. The molecule has 0 aliphatic rings. The van der Waals surface area contributed by atoms with Gasteiger partial charge in [-0.15, -0.1) is 0 Å². The summed E-state index contributed by atoms with van der Waals surface area (Å²) < 4.78 is 47.4. The number of esters is 2. The molecule has 16 nitrogen and oxygen atoms in total. The number of carbonyl (C=O) groups excluding carboxylic acids is 2. The number of aliphatic hydroxyl groups excluding tert-OH is 4. The molecule has 0 aliphatic heterocycles. The van der Waals surface area contributed by atoms with E-state index < -0.39 is 84.5 Å². The van der Waals surface area contributed by atoms with Crippen molar-refractivity contribution >= 4 is 27.6 Å². The summed E-state index contributed by atoms with van der Waals surface area (Å²) in [7, 11) is -9.80. The van der Waals surface area contributed by atoms with Crippen LogP contribution >= 0.6 is 15.6 Å². The molecule has 0 spiro atoms. The highest BCUT2D eigenvalue weighted by Crippen LogP contribution is 2.43. The number of ether oxygens (including phenoxy) is 2. The number of carbonyl (C=O) groups is 2. The molecule has 0 saturated carbocycles. The van der Waals surface area contributed by atoms with Crippen LogP contribution in [-0.2, 0) is 41.8 Å². The molecular weight excluding hydrogens is 822 g/mol. The van der Waals surface area contributed by atoms with E-state index in [0.29, 0.717) is 12.8 Å². The number of aliphatic hydroxyl groups is 4. The van der Waals surface area contributed by atoms with Crippen molar-refractivity contribution in [1.29, 1.82) is 0 Å². The van der Waals surface area contributed by atoms with E-state index in [2.05, 4.69) is 28.1 Å². The number of phosphoric ester groups is 2. The first kappa shape index (κ1) is 57.4. The van der Waals surface area contributed by atoms with Gasteiger partial charge in [0, 0.05) is 12.8 Å². The predicted molar refractivity (Wildman–Crippen MR) is 229 cm³/mol. The summed E-state index contributed by atoms with van der Waals surface area (Å²) >= 11 is 0. The van der Waals surface area contributed by atoms with Gasteiger partial charge in [-0.2, -0.15) is 0 Å². The zero-order chi connectivity index (χ0) is 44.9. The summed E-state index contributed by atoms with van der Waals surface area (Å²) in [5.74, 6) is -1.38. The van der Waals surface area contributed by atoms with E-state index in [9.17, 15) is 44.0 Å². The molecule has 0 amide bonds. The van der Waals surface area contributed by atoms with Gasteiger partial charge in [-0.25, -0.2) is 9.13 Å². The minimum atomic E-state index is -4.90. The van der Waals surface area contributed by atoms with Gasteiger partial charge in [-0.3, -0.25) is 23.2 Å². The van der Waals surface area contributed by atoms with Gasteiger partial charge in [0.05, 0.1) is 38.1 Å². The van der Waals surface area contributed by atoms with Crippen molar-refractivity contribution < 1.29 is 76.9 Å². The molecule has 346 valence electrons. The normalized spacial score (nSPS) is 16.4. The zero-order valence-electron chi connectivity index (χ0n) is 35.4. The summed E-state index contributed by atoms with van der Waals surface area (Å²) in [5.41, 5.74) is 0. The lowest BCUT2D eigenvalue weighted by Crippen LogP contribution is -2.30. The van der Waals surface area contributed by atoms with Crippen LogP contribution in [-0.4, -0.2) is 104 Å². The lowest BCUT2D eigenvalue weighted by Gasteiger charge is -2.20. The number of allylic oxidation sites excluding steroid dienone is 9. The van der Waals surface area contributed by atoms with Crippen LogP contribution < -0.4 is 0 Å². The van der Waals surface area contributed by atoms with Crippen LogP contribution in [0.4, 0.5) is 0 Å². The zero-order valence-corrected chi connectivity index (χ0v) is 37.2. The topological polar surface area (TPSA) is 256 Å². The molecule has 6 atom stereocenters. The highest BCUT2D eigenvalue weighted by atomic mass is 31.2. The first-order valence-corrected chi connectivity index (χ1v) is 24.0. The molecule has 18 heteroatoms. The number of unbranched alkanes of at least 4 members (excludes halogenated alkanes) is 9. The second-order valence-corrected chi connectivity index (χ2v) is 16.8. The molecule has 0 bridgehead atoms. The lowest BCUT2D eigenvalue weighted by atomic mass is 10.1. The van der Waals surface area contributed by atoms with E-state index in [1.165, 1.54) is 31.8 Å². The van der Waals surface area contributed by atoms with Gasteiger partial charge in [0.25, 0.3) is 0 Å². The first-order valence-electron chi connectivity index (χ1n) is 21.0. The van der Waals surface area contributed by atoms with Gasteiger partial charge < -0.3 is 44.6 Å². The van der Waals surface area contributed by atoms with E-state index in [4.69, 9.17) is 23.8 Å². The standard InChI is InChI=1S/C42H72O16P2/c1-3-5-7-8-9-10-11-12-13-14-15-20-24-30-42(48)58-38(35-57-60(52,53)56-33-37(44)32-55-59(49,50)51)34-54-41(47)31-25-29-40(46)39(45)28-23-19-17-16-18-22-27-36(43)26-21-6-4-2/h6,10-11,16-19,21-23,27-28,36-40,43-46H,3-5,7-9,12-15,20,24-26,29-35H2,1-2H3,(H,52,53)(H2,49,50,51)/b11-10-,18-16+,19-17-,21-6-,27-22+,28-23-/t36-,37+,38-,39+,40+/m1/s1. The Bertz CT molecular complexity index is 1390. The number of hydrogen-bond donors (Lipinski definition) is 7. The average molecular weight is 895 g/mol. The Morgan fingerprint density at radius 2 is 1.17 bits per heavy atom. The van der Waals surface area contributed by atoms with Gasteiger partial charge in [0.1, 0.15) is 12.7 Å². The highest BCUT2D eigenvalue weighted by Gasteiger charge is 2.28. The maximum Gasteiger partial charge on any atom is 0.472 e. The average Bonchev–Trinajstić information content (AvgIpc) is 3.19. The first-order chi connectivity index (χ1) is 28.6. The number of rotatable bonds is 38. The molecule has 0 radical (unpaired) electrons. The SMILES string of the molecule is CC/C=C\C[C@@H](O)/C=C/C=C/C=C\C=C/[C@H](O)[C@@H](O)CCCC(=O)OC[C@H](COP(=O)(O)OC[C@@H](O)COP(=O)(O)O)OC(=O)CCCCCCC/C=C\CCCCCC. The Hall–Kier alpha value is -2.56. The second kappa shape index (κ2) is 37.0. The van der Waals surface area contributed by atoms with Gasteiger partial charge in [-0.1, -0.05) is 125 Å². The van der Waals surface area contributed by atoms with Crippen molar-refractivity contribution in [3.63, 3.8) is 0 Å². The molecule has 0 heterocycles. The summed E-state index contributed by atoms with van der Waals surface area (Å²) in [6, 6.07) is 0. The molecule has 0 fully saturated rings. The molecule has 0 aromatic heterocycles. The second-order valence-electron chi connectivity index (χ2n) is 14.1. The van der Waals surface area contributed by atoms with Gasteiger partial charge in [0.2, 0.25) is 0 Å². The monoisotopic (exact) mass is 894 g/mol. The maximum atomic E-state index is 12.6. The fourth-order valence-electron chi connectivity index (χ4n) is 5.09. The predicted octanol–water partition coefficient (Wildman–Crippen LogP) is 7.14. The molecule has 0 rings (SSSR count). The van der Waals surface area contributed by atoms with E-state index in [1.807, 2.05) is 19.1 Å². The van der Waals surface area contributed by atoms with Crippen molar-refractivity contribution in [3.8, 4) is 0 Å². The Balaban J connectivity index is 4.88. The van der Waals surface area contributed by atoms with Crippen LogP contribution in [0.1, 0.15) is 123 Å². The third kappa shape index (κ3) is 38.4. The molecule has 7 N–H and O–H groups in total. The molecule has 0 aromatic carbocycles. The smallest absolute Gasteiger partial charge is 0.462 e. The Morgan fingerprint density at radius 3 is 1.82 bits per heavy atom. The van der Waals surface area contributed by atoms with E-state index in [0.717, 1.165) is 44.9 Å². The largest absolute Gasteiger partial charge is 0.472 e. The van der Waals surface area contributed by atoms with Gasteiger partial charge in [0.15, 0.2) is 6.10 Å². The van der Waals surface area contributed by atoms with Crippen LogP contribution in [0.3, 0.4) is 0 Å². The van der Waals surface area contributed by atoms with Crippen molar-refractivity contribution in [3.05, 3.63) is 72.9 Å². The summed E-state index contributed by atoms with van der Waals surface area (Å²) in [6.45, 7) is 1.13. The molecule has 1 unspecified atom stereocenters. The number of hydrogen-bond acceptors (Lipinski definition) is 13. The van der Waals surface area contributed by atoms with E-state index >= 15 is 0 Å². The molecule has 0 saturated heterocycles. The molecule has 0 aliphatic carbocycles. The van der Waals surface area contributed by atoms with Crippen LogP contribution in [0, 0.1) is 0 Å². The lowest BCUT2D eigenvalue weighted by molar-refractivity contribution is -0.161. The van der Waals surface area contributed by atoms with Crippen molar-refractivity contribution in [2.24, 2.45) is 0 Å². The van der Waals surface area contributed by atoms with E-state index in [-0.39, 0.29) is 25.7 Å². The quantitative estimate of drug-likeness (QED) is 0.0107. The Labute approximate surface area is 356 Å². The Kier molecular flexibility index (Phi) is 35.5. The minimum Gasteiger partial charge on any atom is -0.462 e. The fraction of sp³-hybridized carbons (Fsp3) is 0.667. The molecular formula is C42H72O16P2. The van der Waals surface area contributed by atoms with Crippen molar-refractivity contribution in [1.82, 2.24) is 0 Å². The minimum absolute atomic E-state index is 0.0437. The third-order valence-electron chi connectivity index (χ3n) is 8.41. The van der Waals surface area contributed by atoms with E-state index in [1.54, 1.807) is 42.5 Å². The van der Waals surface area contributed by atoms with Crippen LogP contribution in [0.2, 0.25) is 0 Å². The maximum absolute atomic E-state index is 12.6. The van der Waals surface area contributed by atoms with Crippen LogP contribution in [0.5, 0.6) is 0 Å². The summed E-state index contributed by atoms with van der Waals surface area (Å²) in [6.07, 6.45) is 28.5. The fourth-order valence-corrected chi connectivity index (χ4v) is 6.25. The molecule has 60 heavy (non-hydrogen) atoms. The highest BCUT2D eigenvalue weighted by molar-refractivity contribution is 7.47. The third-order valence-corrected chi connectivity index (χ3v) is 9.85. The van der Waals surface area contributed by atoms with Crippen molar-refractivity contribution in [2.45, 2.75) is 154 Å². The van der Waals surface area contributed by atoms with Crippen LogP contribution in [0.15, 0.2) is 72.9 Å². The number of phosphoric acid groups is 2. The van der Waals surface area contributed by atoms with Gasteiger partial charge in [-0.05, 0) is 57.8 Å². The summed E-state index contributed by atoms with van der Waals surface area (Å²) in [4.78, 5) is 52.6. The van der Waals surface area contributed by atoms with Crippen molar-refractivity contribution in [2.75, 3.05) is 26.4 Å². The molecule has 0 aromatic rings. The van der Waals surface area contributed by atoms with Crippen LogP contribution in [0.25, 0.3) is 0 Å².